The molecule has 8 heteroatoms. The van der Waals surface area contributed by atoms with Gasteiger partial charge in [-0.05, 0) is 18.4 Å². The van der Waals surface area contributed by atoms with Crippen molar-refractivity contribution in [2.24, 2.45) is 5.92 Å². The summed E-state index contributed by atoms with van der Waals surface area (Å²) in [5.41, 5.74) is 3.24. The Bertz CT molecular complexity index is 1150. The number of aromatic amines is 1. The number of aromatic nitrogens is 6. The second kappa shape index (κ2) is 6.06. The lowest BCUT2D eigenvalue weighted by atomic mass is 9.86. The molecule has 4 aromatic rings. The summed E-state index contributed by atoms with van der Waals surface area (Å²) < 4.78 is 2.20. The first kappa shape index (κ1) is 15.8. The minimum absolute atomic E-state index is 0.263. The molecule has 4 aromatic heterocycles. The van der Waals surface area contributed by atoms with Crippen molar-refractivity contribution in [2.75, 3.05) is 18.0 Å². The minimum atomic E-state index is 0.263. The van der Waals surface area contributed by atoms with E-state index in [0.717, 1.165) is 47.8 Å². The smallest absolute Gasteiger partial charge is 0.158 e. The highest BCUT2D eigenvalue weighted by Crippen LogP contribution is 2.34. The van der Waals surface area contributed by atoms with Gasteiger partial charge < -0.3 is 9.88 Å². The van der Waals surface area contributed by atoms with Gasteiger partial charge in [0.1, 0.15) is 17.7 Å². The van der Waals surface area contributed by atoms with E-state index in [1.165, 1.54) is 6.20 Å². The molecule has 8 nitrogen and oxygen atoms in total. The first-order chi connectivity index (χ1) is 13.2. The van der Waals surface area contributed by atoms with E-state index < -0.39 is 0 Å². The van der Waals surface area contributed by atoms with Crippen molar-refractivity contribution in [1.29, 1.82) is 5.26 Å². The van der Waals surface area contributed by atoms with Crippen LogP contribution in [0, 0.1) is 17.2 Å². The maximum absolute atomic E-state index is 8.93. The lowest BCUT2D eigenvalue weighted by Crippen LogP contribution is -2.39. The van der Waals surface area contributed by atoms with Gasteiger partial charge >= 0.3 is 0 Å². The third-order valence-corrected chi connectivity index (χ3v) is 5.45. The zero-order chi connectivity index (χ0) is 18.4. The second-order valence-corrected chi connectivity index (χ2v) is 7.04. The Labute approximate surface area is 155 Å². The number of imidazole rings is 1. The molecule has 1 aliphatic rings. The third kappa shape index (κ3) is 2.51. The summed E-state index contributed by atoms with van der Waals surface area (Å²) in [6.07, 6.45) is 9.91. The van der Waals surface area contributed by atoms with E-state index in [2.05, 4.69) is 36.2 Å². The topological polar surface area (TPSA) is 98.8 Å². The van der Waals surface area contributed by atoms with E-state index in [1.807, 2.05) is 30.7 Å². The van der Waals surface area contributed by atoms with Gasteiger partial charge in [-0.3, -0.25) is 4.40 Å². The van der Waals surface area contributed by atoms with Crippen LogP contribution >= 0.6 is 0 Å². The molecule has 0 bridgehead atoms. The molecule has 134 valence electrons. The Morgan fingerprint density at radius 1 is 1.15 bits per heavy atom. The highest BCUT2D eigenvalue weighted by Gasteiger charge is 2.31. The zero-order valence-corrected chi connectivity index (χ0v) is 14.9. The SMILES string of the molecule is CC1CCN(c2cnc(C#N)cn2)CC1c1ncc2cnc3[nH]ccc3n12. The normalized spacial score (nSPS) is 20.2. The van der Waals surface area contributed by atoms with E-state index in [9.17, 15) is 0 Å². The van der Waals surface area contributed by atoms with Crippen LogP contribution in [0.15, 0.2) is 37.1 Å². The van der Waals surface area contributed by atoms with Crippen molar-refractivity contribution in [3.8, 4) is 6.07 Å². The Hall–Kier alpha value is -3.47. The summed E-state index contributed by atoms with van der Waals surface area (Å²) in [7, 11) is 0. The summed E-state index contributed by atoms with van der Waals surface area (Å²) in [6.45, 7) is 4.01. The fourth-order valence-corrected chi connectivity index (χ4v) is 3.92. The van der Waals surface area contributed by atoms with Crippen LogP contribution in [0.25, 0.3) is 16.7 Å². The van der Waals surface area contributed by atoms with Crippen LogP contribution in [0.1, 0.15) is 30.8 Å². The highest BCUT2D eigenvalue weighted by atomic mass is 15.2. The van der Waals surface area contributed by atoms with Gasteiger partial charge in [-0.15, -0.1) is 0 Å². The Kier molecular flexibility index (Phi) is 3.53. The molecular weight excluding hydrogens is 340 g/mol. The molecule has 0 aliphatic carbocycles. The second-order valence-electron chi connectivity index (χ2n) is 7.04. The molecule has 2 unspecified atom stereocenters. The van der Waals surface area contributed by atoms with Gasteiger partial charge in [0.05, 0.1) is 35.8 Å². The number of nitrogens with zero attached hydrogens (tertiary/aromatic N) is 7. The highest BCUT2D eigenvalue weighted by molar-refractivity contribution is 5.75. The molecule has 1 saturated heterocycles. The average Bonchev–Trinajstić information content (AvgIpc) is 3.35. The van der Waals surface area contributed by atoms with Crippen LogP contribution in [0.5, 0.6) is 0 Å². The first-order valence-corrected chi connectivity index (χ1v) is 9.01. The Morgan fingerprint density at radius 2 is 2.04 bits per heavy atom. The predicted octanol–water partition coefficient (Wildman–Crippen LogP) is 2.50. The van der Waals surface area contributed by atoms with Gasteiger partial charge in [0.15, 0.2) is 11.3 Å². The summed E-state index contributed by atoms with van der Waals surface area (Å²) in [4.78, 5) is 23.2. The number of nitrogens with one attached hydrogen (secondary N) is 1. The van der Waals surface area contributed by atoms with Crippen molar-refractivity contribution < 1.29 is 0 Å². The number of anilines is 1. The molecule has 0 spiro atoms. The maximum Gasteiger partial charge on any atom is 0.158 e. The maximum atomic E-state index is 8.93. The minimum Gasteiger partial charge on any atom is -0.355 e. The molecule has 1 N–H and O–H groups in total. The van der Waals surface area contributed by atoms with Gasteiger partial charge in [-0.2, -0.15) is 5.26 Å². The van der Waals surface area contributed by atoms with E-state index in [1.54, 1.807) is 6.20 Å². The molecule has 5 rings (SSSR count). The van der Waals surface area contributed by atoms with E-state index in [0.29, 0.717) is 11.6 Å². The van der Waals surface area contributed by atoms with Crippen molar-refractivity contribution in [1.82, 2.24) is 29.3 Å². The molecule has 2 atom stereocenters. The molecular formula is C19H18N8. The van der Waals surface area contributed by atoms with E-state index in [-0.39, 0.29) is 5.92 Å². The van der Waals surface area contributed by atoms with Crippen LogP contribution in [0.3, 0.4) is 0 Å². The lowest BCUT2D eigenvalue weighted by molar-refractivity contribution is 0.366. The summed E-state index contributed by atoms with van der Waals surface area (Å²) in [5.74, 6) is 2.62. The fraction of sp³-hybridized carbons (Fsp3) is 0.316. The van der Waals surface area contributed by atoms with Gasteiger partial charge in [-0.25, -0.2) is 19.9 Å². The summed E-state index contributed by atoms with van der Waals surface area (Å²) in [5, 5.41) is 8.93. The molecule has 0 amide bonds. The predicted molar refractivity (Wildman–Crippen MR) is 100 cm³/mol. The van der Waals surface area contributed by atoms with Gasteiger partial charge in [0.25, 0.3) is 0 Å². The number of nitriles is 1. The monoisotopic (exact) mass is 358 g/mol. The number of fused-ring (bicyclic) bond motifs is 3. The van der Waals surface area contributed by atoms with Crippen molar-refractivity contribution in [2.45, 2.75) is 19.3 Å². The van der Waals surface area contributed by atoms with Crippen molar-refractivity contribution in [3.05, 3.63) is 48.6 Å². The molecule has 0 radical (unpaired) electrons. The van der Waals surface area contributed by atoms with Crippen molar-refractivity contribution in [3.63, 3.8) is 0 Å². The van der Waals surface area contributed by atoms with Crippen LogP contribution in [-0.4, -0.2) is 42.4 Å². The number of hydrogen-bond acceptors (Lipinski definition) is 6. The Balaban J connectivity index is 1.54. The van der Waals surface area contributed by atoms with Crippen LogP contribution in [0.2, 0.25) is 0 Å². The molecule has 1 fully saturated rings. The number of rotatable bonds is 2. The number of H-pyrrole nitrogens is 1. The number of hydrogen-bond donors (Lipinski definition) is 1. The van der Waals surface area contributed by atoms with Gasteiger partial charge in [0, 0.05) is 25.2 Å². The van der Waals surface area contributed by atoms with Crippen LogP contribution in [0.4, 0.5) is 5.82 Å². The molecule has 27 heavy (non-hydrogen) atoms. The summed E-state index contributed by atoms with van der Waals surface area (Å²) >= 11 is 0. The standard InChI is InChI=1S/C19H18N8/c1-12-3-5-26(17-10-22-13(6-20)7-23-17)11-15(12)19-25-9-14-8-24-18-16(27(14)19)2-4-21-18/h2,4,7-10,12,15,21H,3,5,11H2,1H3. The zero-order valence-electron chi connectivity index (χ0n) is 14.9. The van der Waals surface area contributed by atoms with E-state index in [4.69, 9.17) is 10.2 Å². The van der Waals surface area contributed by atoms with Gasteiger partial charge in [-0.1, -0.05) is 6.92 Å². The molecule has 0 saturated carbocycles. The first-order valence-electron chi connectivity index (χ1n) is 9.01. The molecule has 0 aromatic carbocycles. The number of piperidine rings is 1. The van der Waals surface area contributed by atoms with E-state index >= 15 is 0 Å². The van der Waals surface area contributed by atoms with Gasteiger partial charge in [0.2, 0.25) is 0 Å². The third-order valence-electron chi connectivity index (χ3n) is 5.45. The molecule has 5 heterocycles. The average molecular weight is 358 g/mol. The largest absolute Gasteiger partial charge is 0.355 e. The quantitative estimate of drug-likeness (QED) is 0.591. The lowest BCUT2D eigenvalue weighted by Gasteiger charge is -2.37. The fourth-order valence-electron chi connectivity index (χ4n) is 3.92. The van der Waals surface area contributed by atoms with Crippen LogP contribution < -0.4 is 4.90 Å². The summed E-state index contributed by atoms with van der Waals surface area (Å²) in [6, 6.07) is 4.06. The van der Waals surface area contributed by atoms with Crippen molar-refractivity contribution >= 4 is 22.5 Å². The van der Waals surface area contributed by atoms with Crippen LogP contribution in [-0.2, 0) is 0 Å². The molecule has 1 aliphatic heterocycles. The Morgan fingerprint density at radius 3 is 2.85 bits per heavy atom.